The van der Waals surface area contributed by atoms with E-state index >= 15 is 0 Å². The van der Waals surface area contributed by atoms with Gasteiger partial charge >= 0.3 is 6.03 Å². The molecule has 10 heteroatoms. The van der Waals surface area contributed by atoms with Crippen LogP contribution in [-0.4, -0.2) is 46.3 Å². The molecule has 1 aliphatic rings. The van der Waals surface area contributed by atoms with Crippen LogP contribution < -0.4 is 4.73 Å². The molecule has 0 bridgehead atoms. The lowest BCUT2D eigenvalue weighted by Crippen LogP contribution is -2.59. The third-order valence-electron chi connectivity index (χ3n) is 6.58. The van der Waals surface area contributed by atoms with E-state index < -0.39 is 35.5 Å². The summed E-state index contributed by atoms with van der Waals surface area (Å²) in [4.78, 5) is 40.8. The fraction of sp³-hybridized carbons (Fsp3) is 0.280. The molecule has 1 aromatic heterocycles. The van der Waals surface area contributed by atoms with Crippen molar-refractivity contribution in [2.75, 3.05) is 14.1 Å². The molecular weight excluding hydrogens is 475 g/mol. The molecule has 0 N–H and O–H groups in total. The number of amides is 4. The number of benzene rings is 2. The lowest BCUT2D eigenvalue weighted by molar-refractivity contribution is -0.621. The monoisotopic (exact) mass is 498 g/mol. The average molecular weight is 499 g/mol. The summed E-state index contributed by atoms with van der Waals surface area (Å²) in [7, 11) is 2.56. The Morgan fingerprint density at radius 1 is 1.03 bits per heavy atom. The smallest absolute Gasteiger partial charge is 0.332 e. The van der Waals surface area contributed by atoms with E-state index in [1.54, 1.807) is 18.4 Å². The van der Waals surface area contributed by atoms with E-state index in [1.165, 1.54) is 26.2 Å². The quantitative estimate of drug-likeness (QED) is 0.306. The first-order chi connectivity index (χ1) is 16.5. The Morgan fingerprint density at radius 2 is 1.63 bits per heavy atom. The lowest BCUT2D eigenvalue weighted by atomic mass is 9.82. The molecule has 2 aromatic carbocycles. The van der Waals surface area contributed by atoms with Gasteiger partial charge in [0.1, 0.15) is 35.6 Å². The third-order valence-corrected chi connectivity index (χ3v) is 6.87. The van der Waals surface area contributed by atoms with Crippen LogP contribution in [-0.2, 0) is 16.1 Å². The summed E-state index contributed by atoms with van der Waals surface area (Å²) in [5, 5.41) is 13.3. The topological polar surface area (TPSA) is 89.6 Å². The highest BCUT2D eigenvalue weighted by atomic mass is 35.5. The molecule has 1 atom stereocenters. The van der Waals surface area contributed by atoms with Gasteiger partial charge < -0.3 is 5.21 Å². The SMILES string of the molecule is Cc1c(C)[n+]([O-])c([C@@H](c2ccc(F)c(Cl)c2)C2C(=O)N(C)C(=O)N(C)C2=O)n1Cc1ccccc1. The number of nitrogens with zero attached hydrogens (tertiary/aromatic N) is 4. The van der Waals surface area contributed by atoms with Gasteiger partial charge in [0.2, 0.25) is 11.8 Å². The average Bonchev–Trinajstić information content (AvgIpc) is 3.05. The molecular formula is C25H24ClFN4O4. The molecule has 1 aliphatic heterocycles. The number of imide groups is 2. The van der Waals surface area contributed by atoms with Gasteiger partial charge in [-0.2, -0.15) is 0 Å². The summed E-state index contributed by atoms with van der Waals surface area (Å²) in [6.45, 7) is 3.72. The van der Waals surface area contributed by atoms with Crippen LogP contribution >= 0.6 is 11.6 Å². The maximum absolute atomic E-state index is 14.1. The number of hydrogen-bond acceptors (Lipinski definition) is 4. The van der Waals surface area contributed by atoms with Gasteiger partial charge in [0.25, 0.3) is 5.82 Å². The first-order valence-electron chi connectivity index (χ1n) is 10.9. The van der Waals surface area contributed by atoms with Crippen LogP contribution in [0.2, 0.25) is 5.02 Å². The number of halogens is 2. The van der Waals surface area contributed by atoms with Crippen LogP contribution in [0.5, 0.6) is 0 Å². The summed E-state index contributed by atoms with van der Waals surface area (Å²) in [5.41, 5.74) is 2.23. The van der Waals surface area contributed by atoms with Crippen molar-refractivity contribution in [1.82, 2.24) is 14.4 Å². The fourth-order valence-electron chi connectivity index (χ4n) is 4.47. The Bertz CT molecular complexity index is 1320. The maximum atomic E-state index is 14.1. The zero-order chi connectivity index (χ0) is 25.6. The summed E-state index contributed by atoms with van der Waals surface area (Å²) in [6.07, 6.45) is 0. The van der Waals surface area contributed by atoms with Crippen LogP contribution in [0.1, 0.15) is 34.3 Å². The highest BCUT2D eigenvalue weighted by molar-refractivity contribution is 6.30. The Balaban J connectivity index is 1.99. The van der Waals surface area contributed by atoms with Crippen LogP contribution in [0.3, 0.4) is 0 Å². The van der Waals surface area contributed by atoms with Gasteiger partial charge in [-0.25, -0.2) is 18.5 Å². The normalized spacial score (nSPS) is 15.8. The first-order valence-corrected chi connectivity index (χ1v) is 11.3. The van der Waals surface area contributed by atoms with E-state index in [4.69, 9.17) is 11.6 Å². The Hall–Kier alpha value is -3.72. The summed E-state index contributed by atoms with van der Waals surface area (Å²) < 4.78 is 16.5. The molecule has 35 heavy (non-hydrogen) atoms. The van der Waals surface area contributed by atoms with Gasteiger partial charge in [0.05, 0.1) is 5.02 Å². The van der Waals surface area contributed by atoms with Gasteiger partial charge in [-0.3, -0.25) is 19.4 Å². The lowest BCUT2D eigenvalue weighted by Gasteiger charge is -2.36. The van der Waals surface area contributed by atoms with Crippen molar-refractivity contribution in [2.45, 2.75) is 26.3 Å². The fourth-order valence-corrected chi connectivity index (χ4v) is 4.66. The number of urea groups is 1. The maximum Gasteiger partial charge on any atom is 0.332 e. The van der Waals surface area contributed by atoms with Crippen LogP contribution in [0.25, 0.3) is 0 Å². The number of imidazole rings is 1. The Morgan fingerprint density at radius 3 is 2.20 bits per heavy atom. The number of aromatic nitrogens is 2. The van der Waals surface area contributed by atoms with Gasteiger partial charge in [-0.05, 0) is 23.3 Å². The second-order valence-corrected chi connectivity index (χ2v) is 9.01. The summed E-state index contributed by atoms with van der Waals surface area (Å²) in [6, 6.07) is 12.5. The van der Waals surface area contributed by atoms with E-state index in [0.717, 1.165) is 21.4 Å². The molecule has 2 heterocycles. The Labute approximate surface area is 206 Å². The first kappa shape index (κ1) is 24.4. The standard InChI is InChI=1S/C25H24ClFN4O4/c1-14-15(2)31(35)22(30(14)13-16-8-6-5-7-9-16)20(17-10-11-19(27)18(26)12-17)21-23(32)28(3)25(34)29(4)24(21)33/h5-12,20-21H,13H2,1-4H3/t20-/m0/s1. The summed E-state index contributed by atoms with van der Waals surface area (Å²) in [5.74, 6) is -4.65. The van der Waals surface area contributed by atoms with Crippen molar-refractivity contribution in [1.29, 1.82) is 0 Å². The molecule has 8 nitrogen and oxygen atoms in total. The molecule has 1 fully saturated rings. The molecule has 3 aromatic rings. The van der Waals surface area contributed by atoms with E-state index in [2.05, 4.69) is 0 Å². The molecule has 4 rings (SSSR count). The number of carbonyl (C=O) groups excluding carboxylic acids is 3. The number of hydrogen-bond donors (Lipinski definition) is 0. The van der Waals surface area contributed by atoms with Crippen molar-refractivity contribution in [3.63, 3.8) is 0 Å². The molecule has 0 unspecified atom stereocenters. The zero-order valence-electron chi connectivity index (χ0n) is 19.7. The minimum absolute atomic E-state index is 0.120. The number of rotatable bonds is 5. The number of barbiturate groups is 1. The second-order valence-electron chi connectivity index (χ2n) is 8.60. The van der Waals surface area contributed by atoms with Crippen LogP contribution in [0, 0.1) is 30.8 Å². The van der Waals surface area contributed by atoms with Gasteiger partial charge in [0, 0.05) is 27.9 Å². The molecule has 4 amide bonds. The van der Waals surface area contributed by atoms with Crippen molar-refractivity contribution in [3.05, 3.63) is 92.9 Å². The minimum atomic E-state index is -1.44. The van der Waals surface area contributed by atoms with Crippen molar-refractivity contribution in [3.8, 4) is 0 Å². The van der Waals surface area contributed by atoms with E-state index in [9.17, 15) is 24.0 Å². The van der Waals surface area contributed by atoms with Crippen LogP contribution in [0.15, 0.2) is 48.5 Å². The molecule has 0 aliphatic carbocycles. The van der Waals surface area contributed by atoms with E-state index in [-0.39, 0.29) is 10.8 Å². The van der Waals surface area contributed by atoms with Crippen molar-refractivity contribution >= 4 is 29.4 Å². The van der Waals surface area contributed by atoms with Gasteiger partial charge in [0.15, 0.2) is 0 Å². The second kappa shape index (κ2) is 9.14. The zero-order valence-corrected chi connectivity index (χ0v) is 20.4. The molecule has 1 saturated heterocycles. The predicted octanol–water partition coefficient (Wildman–Crippen LogP) is 3.38. The van der Waals surface area contributed by atoms with E-state index in [0.29, 0.717) is 28.2 Å². The molecule has 0 saturated carbocycles. The summed E-state index contributed by atoms with van der Waals surface area (Å²) >= 11 is 6.07. The molecule has 0 radical (unpaired) electrons. The molecule has 0 spiro atoms. The highest BCUT2D eigenvalue weighted by Gasteiger charge is 2.51. The Kier molecular flexibility index (Phi) is 6.38. The van der Waals surface area contributed by atoms with Crippen molar-refractivity contribution < 1.29 is 23.5 Å². The predicted molar refractivity (Wildman–Crippen MR) is 126 cm³/mol. The van der Waals surface area contributed by atoms with Gasteiger partial charge in [-0.1, -0.05) is 48.0 Å². The minimum Gasteiger partial charge on any atom is -0.711 e. The number of carbonyl (C=O) groups is 3. The molecule has 182 valence electrons. The third kappa shape index (κ3) is 4.05. The van der Waals surface area contributed by atoms with Gasteiger partial charge in [-0.15, -0.1) is 0 Å². The van der Waals surface area contributed by atoms with Crippen LogP contribution in [0.4, 0.5) is 9.18 Å². The van der Waals surface area contributed by atoms with E-state index in [1.807, 2.05) is 30.3 Å². The largest absolute Gasteiger partial charge is 0.711 e. The highest BCUT2D eigenvalue weighted by Crippen LogP contribution is 2.37. The van der Waals surface area contributed by atoms with Crippen molar-refractivity contribution in [2.24, 2.45) is 5.92 Å².